The summed E-state index contributed by atoms with van der Waals surface area (Å²) in [5, 5.41) is 3.35. The molecule has 0 aliphatic heterocycles. The van der Waals surface area contributed by atoms with Crippen LogP contribution in [0.3, 0.4) is 0 Å². The Morgan fingerprint density at radius 1 is 1.41 bits per heavy atom. The average Bonchev–Trinajstić information content (AvgIpc) is 2.37. The summed E-state index contributed by atoms with van der Waals surface area (Å²) < 4.78 is 5.57. The predicted octanol–water partition coefficient (Wildman–Crippen LogP) is 2.75. The summed E-state index contributed by atoms with van der Waals surface area (Å²) in [6.45, 7) is 5.91. The molecular weight excluding hydrogens is 210 g/mol. The summed E-state index contributed by atoms with van der Waals surface area (Å²) in [5.74, 6) is 3.54. The third kappa shape index (κ3) is 5.24. The maximum atomic E-state index is 5.57. The minimum Gasteiger partial charge on any atom is -0.489 e. The molecule has 0 radical (unpaired) electrons. The average molecular weight is 229 g/mol. The molecule has 0 saturated carbocycles. The van der Waals surface area contributed by atoms with E-state index in [1.165, 1.54) is 0 Å². The number of rotatable bonds is 8. The van der Waals surface area contributed by atoms with E-state index in [1.54, 1.807) is 6.08 Å². The van der Waals surface area contributed by atoms with Gasteiger partial charge in [-0.3, -0.25) is 0 Å². The van der Waals surface area contributed by atoms with Crippen molar-refractivity contribution in [2.75, 3.05) is 13.2 Å². The second-order valence-corrected chi connectivity index (χ2v) is 3.69. The van der Waals surface area contributed by atoms with E-state index in [1.807, 2.05) is 18.2 Å². The molecule has 1 aromatic rings. The molecule has 1 rings (SSSR count). The molecule has 90 valence electrons. The van der Waals surface area contributed by atoms with E-state index in [0.717, 1.165) is 37.2 Å². The maximum Gasteiger partial charge on any atom is 0.124 e. The van der Waals surface area contributed by atoms with E-state index >= 15 is 0 Å². The first-order valence-electron chi connectivity index (χ1n) is 5.84. The van der Waals surface area contributed by atoms with Gasteiger partial charge in [0.05, 0.1) is 0 Å². The van der Waals surface area contributed by atoms with Gasteiger partial charge in [0.1, 0.15) is 12.4 Å². The lowest BCUT2D eigenvalue weighted by atomic mass is 10.2. The molecule has 0 amide bonds. The van der Waals surface area contributed by atoms with Crippen molar-refractivity contribution < 1.29 is 4.74 Å². The quantitative estimate of drug-likeness (QED) is 0.420. The summed E-state index contributed by atoms with van der Waals surface area (Å²) in [7, 11) is 0. The van der Waals surface area contributed by atoms with Gasteiger partial charge in [-0.15, -0.1) is 12.3 Å². The van der Waals surface area contributed by atoms with E-state index in [4.69, 9.17) is 11.2 Å². The molecule has 0 unspecified atom stereocenters. The third-order valence-electron chi connectivity index (χ3n) is 2.32. The molecule has 1 aromatic carbocycles. The minimum atomic E-state index is 0.536. The molecule has 0 aliphatic rings. The summed E-state index contributed by atoms with van der Waals surface area (Å²) >= 11 is 0. The standard InChI is InChI=1S/C15H19NO/c1-3-5-8-11-16-13-14-9-6-7-10-15(14)17-12-4-2/h1,4,6-7,9-10,16H,2,5,8,11-13H2. The number of nitrogens with one attached hydrogen (secondary N) is 1. The van der Waals surface area contributed by atoms with Gasteiger partial charge in [-0.05, 0) is 19.0 Å². The van der Waals surface area contributed by atoms with Crippen LogP contribution in [0.4, 0.5) is 0 Å². The van der Waals surface area contributed by atoms with Crippen LogP contribution >= 0.6 is 0 Å². The zero-order chi connectivity index (χ0) is 12.3. The SMILES string of the molecule is C#CCCCNCc1ccccc1OCC=C. The van der Waals surface area contributed by atoms with Crippen LogP contribution in [0.1, 0.15) is 18.4 Å². The Labute approximate surface area is 104 Å². The highest BCUT2D eigenvalue weighted by Crippen LogP contribution is 2.17. The van der Waals surface area contributed by atoms with Crippen molar-refractivity contribution in [3.05, 3.63) is 42.5 Å². The topological polar surface area (TPSA) is 21.3 Å². The summed E-state index contributed by atoms with van der Waals surface area (Å²) in [5.41, 5.74) is 1.16. The molecular formula is C15H19NO. The Morgan fingerprint density at radius 3 is 3.00 bits per heavy atom. The van der Waals surface area contributed by atoms with Gasteiger partial charge in [-0.2, -0.15) is 0 Å². The van der Waals surface area contributed by atoms with E-state index < -0.39 is 0 Å². The Bertz CT molecular complexity index is 379. The fourth-order valence-electron chi connectivity index (χ4n) is 1.48. The van der Waals surface area contributed by atoms with Crippen LogP contribution in [-0.2, 0) is 6.54 Å². The van der Waals surface area contributed by atoms with Crippen molar-refractivity contribution in [2.24, 2.45) is 0 Å². The highest BCUT2D eigenvalue weighted by atomic mass is 16.5. The lowest BCUT2D eigenvalue weighted by Crippen LogP contribution is -2.15. The normalized spacial score (nSPS) is 9.59. The van der Waals surface area contributed by atoms with Crippen molar-refractivity contribution in [3.8, 4) is 18.1 Å². The highest BCUT2D eigenvalue weighted by molar-refractivity contribution is 5.33. The number of hydrogen-bond acceptors (Lipinski definition) is 2. The first-order valence-corrected chi connectivity index (χ1v) is 5.84. The van der Waals surface area contributed by atoms with Gasteiger partial charge in [0.25, 0.3) is 0 Å². The van der Waals surface area contributed by atoms with Crippen molar-refractivity contribution in [2.45, 2.75) is 19.4 Å². The van der Waals surface area contributed by atoms with Crippen LogP contribution in [0.25, 0.3) is 0 Å². The monoisotopic (exact) mass is 229 g/mol. The summed E-state index contributed by atoms with van der Waals surface area (Å²) in [6.07, 6.45) is 8.77. The first-order chi connectivity index (χ1) is 8.38. The predicted molar refractivity (Wildman–Crippen MR) is 71.9 cm³/mol. The Morgan fingerprint density at radius 2 is 2.24 bits per heavy atom. The molecule has 2 nitrogen and oxygen atoms in total. The van der Waals surface area contributed by atoms with Gasteiger partial charge in [0, 0.05) is 18.5 Å². The van der Waals surface area contributed by atoms with Crippen LogP contribution in [0.5, 0.6) is 5.75 Å². The minimum absolute atomic E-state index is 0.536. The third-order valence-corrected chi connectivity index (χ3v) is 2.32. The van der Waals surface area contributed by atoms with E-state index in [9.17, 15) is 0 Å². The van der Waals surface area contributed by atoms with E-state index in [-0.39, 0.29) is 0 Å². The van der Waals surface area contributed by atoms with Gasteiger partial charge >= 0.3 is 0 Å². The number of unbranched alkanes of at least 4 members (excludes halogenated alkanes) is 1. The molecule has 0 saturated heterocycles. The van der Waals surface area contributed by atoms with Crippen molar-refractivity contribution in [1.29, 1.82) is 0 Å². The second-order valence-electron chi connectivity index (χ2n) is 3.69. The smallest absolute Gasteiger partial charge is 0.124 e. The number of ether oxygens (including phenoxy) is 1. The molecule has 2 heteroatoms. The van der Waals surface area contributed by atoms with Gasteiger partial charge in [0.2, 0.25) is 0 Å². The number of hydrogen-bond donors (Lipinski definition) is 1. The largest absolute Gasteiger partial charge is 0.489 e. The lowest BCUT2D eigenvalue weighted by Gasteiger charge is -2.10. The summed E-state index contributed by atoms with van der Waals surface area (Å²) in [6, 6.07) is 8.02. The second kappa shape index (κ2) is 8.43. The molecule has 0 spiro atoms. The molecule has 0 bridgehead atoms. The Hall–Kier alpha value is -1.72. The van der Waals surface area contributed by atoms with Crippen molar-refractivity contribution in [1.82, 2.24) is 5.32 Å². The number of terminal acetylenes is 1. The van der Waals surface area contributed by atoms with Crippen molar-refractivity contribution in [3.63, 3.8) is 0 Å². The Kier molecular flexibility index (Phi) is 6.62. The number of benzene rings is 1. The van der Waals surface area contributed by atoms with E-state index in [0.29, 0.717) is 6.61 Å². The van der Waals surface area contributed by atoms with Crippen LogP contribution < -0.4 is 10.1 Å². The summed E-state index contributed by atoms with van der Waals surface area (Å²) in [4.78, 5) is 0. The van der Waals surface area contributed by atoms with Crippen LogP contribution in [-0.4, -0.2) is 13.2 Å². The van der Waals surface area contributed by atoms with Crippen LogP contribution in [0.2, 0.25) is 0 Å². The molecule has 0 aliphatic carbocycles. The van der Waals surface area contributed by atoms with Crippen LogP contribution in [0.15, 0.2) is 36.9 Å². The first kappa shape index (κ1) is 13.3. The van der Waals surface area contributed by atoms with Crippen LogP contribution in [0, 0.1) is 12.3 Å². The van der Waals surface area contributed by atoms with Gasteiger partial charge in [0.15, 0.2) is 0 Å². The fourth-order valence-corrected chi connectivity index (χ4v) is 1.48. The Balaban J connectivity index is 2.40. The lowest BCUT2D eigenvalue weighted by molar-refractivity contribution is 0.358. The van der Waals surface area contributed by atoms with Gasteiger partial charge in [-0.1, -0.05) is 30.9 Å². The van der Waals surface area contributed by atoms with Gasteiger partial charge in [-0.25, -0.2) is 0 Å². The van der Waals surface area contributed by atoms with Gasteiger partial charge < -0.3 is 10.1 Å². The zero-order valence-corrected chi connectivity index (χ0v) is 10.1. The number of para-hydroxylation sites is 1. The molecule has 0 atom stereocenters. The zero-order valence-electron chi connectivity index (χ0n) is 10.1. The molecule has 17 heavy (non-hydrogen) atoms. The molecule has 1 N–H and O–H groups in total. The molecule has 0 aromatic heterocycles. The molecule has 0 fully saturated rings. The maximum absolute atomic E-state index is 5.57. The van der Waals surface area contributed by atoms with E-state index in [2.05, 4.69) is 23.9 Å². The molecule has 0 heterocycles. The van der Waals surface area contributed by atoms with Crippen molar-refractivity contribution >= 4 is 0 Å². The highest BCUT2D eigenvalue weighted by Gasteiger charge is 2.01. The fraction of sp³-hybridized carbons (Fsp3) is 0.333.